The number of aliphatic imine (C=N–C) groups is 1. The zero-order valence-corrected chi connectivity index (χ0v) is 15.0. The van der Waals surface area contributed by atoms with Crippen LogP contribution in [0.1, 0.15) is 11.3 Å². The third-order valence-electron chi connectivity index (χ3n) is 4.16. The van der Waals surface area contributed by atoms with Crippen LogP contribution in [0.5, 0.6) is 0 Å². The normalized spacial score (nSPS) is 12.4. The van der Waals surface area contributed by atoms with Gasteiger partial charge in [0.25, 0.3) is 0 Å². The van der Waals surface area contributed by atoms with Crippen LogP contribution in [0.3, 0.4) is 0 Å². The van der Waals surface area contributed by atoms with Crippen LogP contribution in [0.2, 0.25) is 0 Å². The van der Waals surface area contributed by atoms with Gasteiger partial charge in [0, 0.05) is 29.6 Å². The molecule has 0 saturated carbocycles. The van der Waals surface area contributed by atoms with Crippen molar-refractivity contribution in [3.63, 3.8) is 0 Å². The molecule has 9 heteroatoms. The fraction of sp³-hybridized carbons (Fsp3) is 0.158. The Morgan fingerprint density at radius 2 is 2.18 bits per heavy atom. The highest BCUT2D eigenvalue weighted by Crippen LogP contribution is 2.16. The highest BCUT2D eigenvalue weighted by Gasteiger charge is 2.11. The lowest BCUT2D eigenvalue weighted by atomic mass is 10.1. The maximum absolute atomic E-state index is 8.86. The Balaban J connectivity index is 1.67. The number of aliphatic hydroxyl groups excluding tert-OH is 1. The van der Waals surface area contributed by atoms with Crippen LogP contribution in [0, 0.1) is 0 Å². The van der Waals surface area contributed by atoms with Gasteiger partial charge in [0.2, 0.25) is 5.65 Å². The number of aromatic nitrogens is 6. The molecule has 0 fully saturated rings. The lowest BCUT2D eigenvalue weighted by molar-refractivity contribution is 0.307. The van der Waals surface area contributed by atoms with Gasteiger partial charge in [0.1, 0.15) is 0 Å². The summed E-state index contributed by atoms with van der Waals surface area (Å²) in [6, 6.07) is 9.99. The molecule has 0 aliphatic rings. The van der Waals surface area contributed by atoms with Crippen molar-refractivity contribution in [1.29, 1.82) is 0 Å². The Morgan fingerprint density at radius 3 is 3.04 bits per heavy atom. The molecule has 0 bridgehead atoms. The number of rotatable bonds is 6. The van der Waals surface area contributed by atoms with Crippen molar-refractivity contribution in [1.82, 2.24) is 29.9 Å². The van der Waals surface area contributed by atoms with Gasteiger partial charge in [0.05, 0.1) is 37.1 Å². The number of fused-ring (bicyclic) bond motifs is 2. The molecule has 0 unspecified atom stereocenters. The fourth-order valence-electron chi connectivity index (χ4n) is 2.81. The quantitative estimate of drug-likeness (QED) is 0.485. The van der Waals surface area contributed by atoms with E-state index in [2.05, 4.69) is 36.3 Å². The van der Waals surface area contributed by atoms with Crippen LogP contribution in [0.4, 0.5) is 0 Å². The molecule has 3 N–H and O–H groups in total. The van der Waals surface area contributed by atoms with Crippen LogP contribution in [-0.2, 0) is 6.54 Å². The third-order valence-corrected chi connectivity index (χ3v) is 4.16. The Hall–Kier alpha value is -3.72. The second-order valence-corrected chi connectivity index (χ2v) is 6.06. The van der Waals surface area contributed by atoms with E-state index in [9.17, 15) is 0 Å². The summed E-state index contributed by atoms with van der Waals surface area (Å²) < 4.78 is 1.70. The minimum atomic E-state index is -0.0307. The van der Waals surface area contributed by atoms with E-state index >= 15 is 0 Å². The number of hydrogen-bond donors (Lipinski definition) is 2. The monoisotopic (exact) mass is 374 g/mol. The van der Waals surface area contributed by atoms with E-state index in [0.29, 0.717) is 35.7 Å². The first-order valence-electron chi connectivity index (χ1n) is 8.71. The summed E-state index contributed by atoms with van der Waals surface area (Å²) in [6.07, 6.45) is 6.32. The second kappa shape index (κ2) is 7.89. The minimum Gasteiger partial charge on any atom is -0.404 e. The molecule has 0 amide bonds. The first-order chi connectivity index (χ1) is 13.8. The average Bonchev–Trinajstić information content (AvgIpc) is 3.13. The number of pyridine rings is 1. The Morgan fingerprint density at radius 1 is 1.25 bits per heavy atom. The molecule has 28 heavy (non-hydrogen) atoms. The number of aliphatic hydroxyl groups is 1. The van der Waals surface area contributed by atoms with Crippen LogP contribution >= 0.6 is 0 Å². The average molecular weight is 374 g/mol. The van der Waals surface area contributed by atoms with Gasteiger partial charge in [-0.2, -0.15) is 0 Å². The van der Waals surface area contributed by atoms with E-state index in [0.717, 1.165) is 16.5 Å². The molecule has 9 nitrogen and oxygen atoms in total. The molecule has 1 aromatic carbocycles. The molecule has 4 rings (SSSR count). The number of allylic oxidation sites excluding steroid dienone is 1. The molecule has 0 saturated heterocycles. The molecule has 0 aliphatic carbocycles. The van der Waals surface area contributed by atoms with Gasteiger partial charge in [0.15, 0.2) is 5.65 Å². The summed E-state index contributed by atoms with van der Waals surface area (Å²) in [6.45, 7) is 0.764. The molecular weight excluding hydrogens is 356 g/mol. The molecule has 140 valence electrons. The predicted molar refractivity (Wildman–Crippen MR) is 107 cm³/mol. The molecule has 3 heterocycles. The van der Waals surface area contributed by atoms with Gasteiger partial charge in [-0.3, -0.25) is 9.98 Å². The first-order valence-corrected chi connectivity index (χ1v) is 8.71. The topological polar surface area (TPSA) is 128 Å². The summed E-state index contributed by atoms with van der Waals surface area (Å²) in [7, 11) is 0. The molecular formula is C19H18N8O. The zero-order chi connectivity index (χ0) is 19.3. The SMILES string of the molecule is N/C=C(\C=NCCO)c1cnc2nnn(Cc3ccc4ncccc4c3)c2n1. The van der Waals surface area contributed by atoms with E-state index in [-0.39, 0.29) is 6.61 Å². The van der Waals surface area contributed by atoms with Crippen molar-refractivity contribution >= 4 is 34.0 Å². The van der Waals surface area contributed by atoms with E-state index in [1.807, 2.05) is 24.3 Å². The van der Waals surface area contributed by atoms with E-state index in [1.54, 1.807) is 23.3 Å². The van der Waals surface area contributed by atoms with Crippen molar-refractivity contribution in [2.45, 2.75) is 6.54 Å². The van der Waals surface area contributed by atoms with Crippen molar-refractivity contribution in [3.8, 4) is 0 Å². The van der Waals surface area contributed by atoms with Crippen LogP contribution in [-0.4, -0.2) is 54.4 Å². The Bertz CT molecular complexity index is 1180. The lowest BCUT2D eigenvalue weighted by Gasteiger charge is -2.05. The highest BCUT2D eigenvalue weighted by atomic mass is 16.3. The summed E-state index contributed by atoms with van der Waals surface area (Å²) in [5.74, 6) is 0. The standard InChI is InChI=1S/C19H18N8O/c20-9-15(10-21-6-7-28)17-11-23-18-19(24-17)27(26-25-18)12-13-3-4-16-14(8-13)2-1-5-22-16/h1-5,8-11,28H,6-7,12,20H2/b15-9+,21-10?. The summed E-state index contributed by atoms with van der Waals surface area (Å²) in [4.78, 5) is 17.3. The van der Waals surface area contributed by atoms with Crippen molar-refractivity contribution in [2.24, 2.45) is 10.7 Å². The fourth-order valence-corrected chi connectivity index (χ4v) is 2.81. The smallest absolute Gasteiger partial charge is 0.221 e. The maximum atomic E-state index is 8.86. The van der Waals surface area contributed by atoms with Crippen molar-refractivity contribution in [2.75, 3.05) is 13.2 Å². The summed E-state index contributed by atoms with van der Waals surface area (Å²) in [5, 5.41) is 18.2. The Kier molecular flexibility index (Phi) is 4.98. The largest absolute Gasteiger partial charge is 0.404 e. The number of hydrogen-bond acceptors (Lipinski definition) is 8. The van der Waals surface area contributed by atoms with E-state index in [1.165, 1.54) is 6.20 Å². The second-order valence-electron chi connectivity index (χ2n) is 6.06. The highest BCUT2D eigenvalue weighted by molar-refractivity contribution is 6.09. The van der Waals surface area contributed by atoms with Crippen LogP contribution in [0.15, 0.2) is 53.9 Å². The van der Waals surface area contributed by atoms with Crippen molar-refractivity contribution in [3.05, 3.63) is 60.2 Å². The van der Waals surface area contributed by atoms with Crippen molar-refractivity contribution < 1.29 is 5.11 Å². The van der Waals surface area contributed by atoms with Gasteiger partial charge in [-0.05, 0) is 23.8 Å². The van der Waals surface area contributed by atoms with Gasteiger partial charge in [-0.15, -0.1) is 5.10 Å². The zero-order valence-electron chi connectivity index (χ0n) is 15.0. The van der Waals surface area contributed by atoms with Crippen LogP contribution in [0.25, 0.3) is 27.8 Å². The molecule has 4 aromatic rings. The number of nitrogens with two attached hydrogens (primary N) is 1. The summed E-state index contributed by atoms with van der Waals surface area (Å²) >= 11 is 0. The van der Waals surface area contributed by atoms with Gasteiger partial charge < -0.3 is 10.8 Å². The minimum absolute atomic E-state index is 0.0307. The maximum Gasteiger partial charge on any atom is 0.221 e. The van der Waals surface area contributed by atoms with Gasteiger partial charge in [-0.1, -0.05) is 17.3 Å². The number of benzene rings is 1. The molecule has 0 spiro atoms. The summed E-state index contributed by atoms with van der Waals surface area (Å²) in [5.41, 5.74) is 9.86. The molecule has 3 aromatic heterocycles. The first kappa shape index (κ1) is 17.7. The lowest BCUT2D eigenvalue weighted by Crippen LogP contribution is -2.05. The predicted octanol–water partition coefficient (Wildman–Crippen LogP) is 1.18. The molecule has 0 radical (unpaired) electrons. The third kappa shape index (κ3) is 3.55. The van der Waals surface area contributed by atoms with Crippen LogP contribution < -0.4 is 5.73 Å². The van der Waals surface area contributed by atoms with Gasteiger partial charge >= 0.3 is 0 Å². The van der Waals surface area contributed by atoms with E-state index < -0.39 is 0 Å². The van der Waals surface area contributed by atoms with E-state index in [4.69, 9.17) is 10.8 Å². The number of nitrogens with zero attached hydrogens (tertiary/aromatic N) is 7. The van der Waals surface area contributed by atoms with Gasteiger partial charge in [-0.25, -0.2) is 14.6 Å². The molecule has 0 atom stereocenters. The molecule has 0 aliphatic heterocycles. The Labute approximate surface area is 160 Å².